The average Bonchev–Trinajstić information content (AvgIpc) is 1.72. The predicted octanol–water partition coefficient (Wildman–Crippen LogP) is -0.963. The van der Waals surface area contributed by atoms with Crippen molar-refractivity contribution >= 4 is 11.9 Å². The van der Waals surface area contributed by atoms with Crippen LogP contribution < -0.4 is 0 Å². The van der Waals surface area contributed by atoms with E-state index in [2.05, 4.69) is 0 Å². The van der Waals surface area contributed by atoms with Crippen LogP contribution in [-0.4, -0.2) is 22.2 Å². The zero-order valence-electron chi connectivity index (χ0n) is 3.88. The molecular weight excluding hydrogens is 408 g/mol. The standard InChI is InChI=1S/C2H2O4.2Eu.O/c3-1(4)2(5)6;;;/h(H,3,4)(H,5,6);;;. The molecule has 5 nitrogen and oxygen atoms in total. The van der Waals surface area contributed by atoms with Gasteiger partial charge in [-0.3, -0.25) is 0 Å². The second-order valence-corrected chi connectivity index (χ2v) is 0.610. The van der Waals surface area contributed by atoms with Crippen LogP contribution in [0.1, 0.15) is 0 Å². The van der Waals surface area contributed by atoms with E-state index in [-0.39, 0.29) is 49.4 Å². The fourth-order valence-electron chi connectivity index (χ4n) is 0. The Bertz CT molecular complexity index is 89.1. The van der Waals surface area contributed by atoms with E-state index in [1.54, 1.807) is 0 Å². The summed E-state index contributed by atoms with van der Waals surface area (Å²) in [7, 11) is 0. The molecule has 54 valence electrons. The number of carboxylic acids is 2. The Hall–Kier alpha value is 1.91. The van der Waals surface area contributed by atoms with Gasteiger partial charge < -0.3 is 10.2 Å². The van der Waals surface area contributed by atoms with Crippen molar-refractivity contribution in [3.05, 3.63) is 0 Å². The number of carboxylic acid groups (broad SMARTS) is 2. The summed E-state index contributed by atoms with van der Waals surface area (Å²) < 4.78 is 8.31. The normalized spacial score (nSPS) is 5.33. The SMILES string of the molecule is O=C(O)C(=O)O.[Eu].[O]=[Eu]. The molecule has 7 heteroatoms. The molecule has 9 heavy (non-hydrogen) atoms. The third kappa shape index (κ3) is 17.8. The first-order valence-corrected chi connectivity index (χ1v) is 2.25. The van der Waals surface area contributed by atoms with Crippen LogP contribution >= 0.6 is 0 Å². The van der Waals surface area contributed by atoms with Gasteiger partial charge in [0.1, 0.15) is 0 Å². The van der Waals surface area contributed by atoms with Crippen LogP contribution in [0.2, 0.25) is 0 Å². The van der Waals surface area contributed by atoms with Crippen LogP contribution in [0.3, 0.4) is 0 Å². The van der Waals surface area contributed by atoms with E-state index in [0.29, 0.717) is 47.2 Å². The number of aliphatic carboxylic acids is 2. The topological polar surface area (TPSA) is 91.7 Å². The van der Waals surface area contributed by atoms with Crippen molar-refractivity contribution in [2.75, 3.05) is 0 Å². The van der Waals surface area contributed by atoms with E-state index in [9.17, 15) is 0 Å². The molecule has 0 aromatic heterocycles. The Labute approximate surface area is 125 Å². The van der Waals surface area contributed by atoms with Gasteiger partial charge in [-0.2, -0.15) is 0 Å². The van der Waals surface area contributed by atoms with Gasteiger partial charge in [-0.15, -0.1) is 0 Å². The van der Waals surface area contributed by atoms with E-state index in [1.165, 1.54) is 0 Å². The molecule has 0 saturated heterocycles. The van der Waals surface area contributed by atoms with E-state index < -0.39 is 11.9 Å². The number of hydrogen-bond donors (Lipinski definition) is 2. The van der Waals surface area contributed by atoms with Gasteiger partial charge in [0, 0.05) is 49.4 Å². The molecule has 0 fully saturated rings. The second kappa shape index (κ2) is 12.6. The van der Waals surface area contributed by atoms with Gasteiger partial charge in [0.25, 0.3) is 0 Å². The van der Waals surface area contributed by atoms with Crippen LogP contribution in [0.5, 0.6) is 0 Å². The molecule has 0 amide bonds. The second-order valence-electron chi connectivity index (χ2n) is 0.610. The fraction of sp³-hybridized carbons (Fsp3) is 0. The summed E-state index contributed by atoms with van der Waals surface area (Å²) in [4.78, 5) is 18.2. The van der Waals surface area contributed by atoms with Crippen LogP contribution in [-0.2, 0) is 9.57 Å². The third-order valence-corrected chi connectivity index (χ3v) is 0.183. The number of rotatable bonds is 0. The van der Waals surface area contributed by atoms with Gasteiger partial charge in [0.05, 0.1) is 0 Å². The van der Waals surface area contributed by atoms with Crippen molar-refractivity contribution in [1.29, 1.82) is 0 Å². The number of hydrogen-bond acceptors (Lipinski definition) is 3. The Morgan fingerprint density at radius 1 is 1.00 bits per heavy atom. The Balaban J connectivity index is -0.000000109. The summed E-state index contributed by atoms with van der Waals surface area (Å²) in [5.74, 6) is -3.65. The molecule has 0 aromatic carbocycles. The molecular formula is C2H2Eu2O5. The maximum absolute atomic E-state index is 9.10. The van der Waals surface area contributed by atoms with Crippen molar-refractivity contribution in [2.45, 2.75) is 0 Å². The van der Waals surface area contributed by atoms with Crippen molar-refractivity contribution in [3.63, 3.8) is 0 Å². The molecule has 0 unspecified atom stereocenters. The summed E-state index contributed by atoms with van der Waals surface area (Å²) in [6, 6.07) is 0. The summed E-state index contributed by atoms with van der Waals surface area (Å²) in [5, 5.41) is 14.8. The molecule has 0 aliphatic heterocycles. The molecule has 0 aliphatic carbocycles. The van der Waals surface area contributed by atoms with Gasteiger partial charge in [-0.1, -0.05) is 0 Å². The van der Waals surface area contributed by atoms with Crippen LogP contribution in [0.4, 0.5) is 0 Å². The van der Waals surface area contributed by atoms with E-state index >= 15 is 0 Å². The van der Waals surface area contributed by atoms with Crippen molar-refractivity contribution in [3.8, 4) is 0 Å². The molecule has 0 rings (SSSR count). The molecule has 0 heterocycles. The summed E-state index contributed by atoms with van der Waals surface area (Å²) in [5.41, 5.74) is 0. The molecule has 0 atom stereocenters. The molecule has 1 radical (unpaired) electrons. The van der Waals surface area contributed by atoms with Crippen LogP contribution in [0.15, 0.2) is 0 Å². The van der Waals surface area contributed by atoms with Crippen molar-refractivity contribution in [2.24, 2.45) is 0 Å². The van der Waals surface area contributed by atoms with Crippen molar-refractivity contribution < 1.29 is 116 Å². The van der Waals surface area contributed by atoms with Crippen LogP contribution in [0.25, 0.3) is 0 Å². The summed E-state index contributed by atoms with van der Waals surface area (Å²) in [6.07, 6.45) is 0. The molecule has 0 bridgehead atoms. The Kier molecular flexibility index (Phi) is 23.9. The van der Waals surface area contributed by atoms with Gasteiger partial charge in [0.2, 0.25) is 0 Å². The minimum atomic E-state index is -1.82. The van der Waals surface area contributed by atoms with Gasteiger partial charge >= 0.3 is 59.1 Å². The zero-order chi connectivity index (χ0) is 7.15. The first-order chi connectivity index (χ1) is 3.64. The molecule has 0 saturated carbocycles. The summed E-state index contributed by atoms with van der Waals surface area (Å²) >= 11 is 0.472. The predicted molar refractivity (Wildman–Crippen MR) is 16.0 cm³/mol. The Morgan fingerprint density at radius 2 is 1.11 bits per heavy atom. The summed E-state index contributed by atoms with van der Waals surface area (Å²) in [6.45, 7) is 0. The molecule has 0 aromatic rings. The third-order valence-electron chi connectivity index (χ3n) is 0.183. The van der Waals surface area contributed by atoms with E-state index in [4.69, 9.17) is 19.8 Å². The number of carbonyl (C=O) groups is 2. The Morgan fingerprint density at radius 3 is 1.11 bits per heavy atom. The van der Waals surface area contributed by atoms with Gasteiger partial charge in [-0.05, 0) is 0 Å². The first kappa shape index (κ1) is 17.1. The fourth-order valence-corrected chi connectivity index (χ4v) is 0. The monoisotopic (exact) mass is 412 g/mol. The van der Waals surface area contributed by atoms with E-state index in [1.807, 2.05) is 0 Å². The molecule has 0 spiro atoms. The average molecular weight is 410 g/mol. The van der Waals surface area contributed by atoms with Crippen LogP contribution in [0, 0.1) is 96.6 Å². The quantitative estimate of drug-likeness (QED) is 0.503. The van der Waals surface area contributed by atoms with Gasteiger partial charge in [-0.25, -0.2) is 9.59 Å². The first-order valence-electron chi connectivity index (χ1n) is 1.26. The molecule has 2 N–H and O–H groups in total. The molecule has 0 aliphatic rings. The minimum absolute atomic E-state index is 0. The van der Waals surface area contributed by atoms with E-state index in [0.717, 1.165) is 0 Å². The van der Waals surface area contributed by atoms with Crippen molar-refractivity contribution in [1.82, 2.24) is 0 Å². The van der Waals surface area contributed by atoms with Gasteiger partial charge in [0.15, 0.2) is 0 Å². The zero-order valence-corrected chi connectivity index (χ0v) is 8.73. The maximum atomic E-state index is 9.10.